The summed E-state index contributed by atoms with van der Waals surface area (Å²) in [6.07, 6.45) is 0. The molecule has 0 radical (unpaired) electrons. The van der Waals surface area contributed by atoms with Crippen LogP contribution in [0.1, 0.15) is 20.7 Å². The predicted molar refractivity (Wildman–Crippen MR) is 81.2 cm³/mol. The molecular formula is C15H15NOS2. The molecule has 19 heavy (non-hydrogen) atoms. The van der Waals surface area contributed by atoms with Crippen LogP contribution in [0.25, 0.3) is 0 Å². The van der Waals surface area contributed by atoms with Gasteiger partial charge in [-0.3, -0.25) is 4.79 Å². The normalized spacial score (nSPS) is 19.1. The van der Waals surface area contributed by atoms with Gasteiger partial charge >= 0.3 is 0 Å². The van der Waals surface area contributed by atoms with Gasteiger partial charge in [0.1, 0.15) is 5.37 Å². The van der Waals surface area contributed by atoms with Crippen LogP contribution < -0.4 is 0 Å². The summed E-state index contributed by atoms with van der Waals surface area (Å²) in [6.45, 7) is 2.81. The van der Waals surface area contributed by atoms with E-state index in [1.807, 2.05) is 23.1 Å². The molecule has 0 N–H and O–H groups in total. The third kappa shape index (κ3) is 2.69. The van der Waals surface area contributed by atoms with Crippen molar-refractivity contribution >= 4 is 29.0 Å². The molecule has 98 valence electrons. The number of thiophene rings is 1. The number of carbonyl (C=O) groups excluding carboxylic acids is 1. The van der Waals surface area contributed by atoms with Gasteiger partial charge in [-0.2, -0.15) is 0 Å². The van der Waals surface area contributed by atoms with E-state index in [9.17, 15) is 4.79 Å². The Labute approximate surface area is 121 Å². The zero-order chi connectivity index (χ0) is 13.2. The van der Waals surface area contributed by atoms with Crippen LogP contribution in [0, 0.1) is 6.92 Å². The van der Waals surface area contributed by atoms with E-state index in [-0.39, 0.29) is 11.3 Å². The maximum absolute atomic E-state index is 12.1. The van der Waals surface area contributed by atoms with Crippen molar-refractivity contribution in [3.63, 3.8) is 0 Å². The Kier molecular flexibility index (Phi) is 3.62. The largest absolute Gasteiger partial charge is 0.321 e. The highest BCUT2D eigenvalue weighted by molar-refractivity contribution is 8.00. The second-order valence-electron chi connectivity index (χ2n) is 4.62. The molecule has 1 aromatic heterocycles. The van der Waals surface area contributed by atoms with E-state index in [1.165, 1.54) is 15.3 Å². The van der Waals surface area contributed by atoms with Gasteiger partial charge in [0.25, 0.3) is 0 Å². The summed E-state index contributed by atoms with van der Waals surface area (Å²) >= 11 is 3.52. The first kappa shape index (κ1) is 12.8. The average Bonchev–Trinajstić information content (AvgIpc) is 2.99. The summed E-state index contributed by atoms with van der Waals surface area (Å²) in [5, 5.41) is 0.186. The minimum absolute atomic E-state index is 0.186. The third-order valence-corrected chi connectivity index (χ3v) is 5.61. The zero-order valence-electron chi connectivity index (χ0n) is 10.7. The van der Waals surface area contributed by atoms with Gasteiger partial charge in [0.15, 0.2) is 0 Å². The van der Waals surface area contributed by atoms with Gasteiger partial charge in [0.2, 0.25) is 5.91 Å². The molecule has 1 aromatic carbocycles. The number of aryl methyl sites for hydroxylation is 1. The van der Waals surface area contributed by atoms with Gasteiger partial charge < -0.3 is 4.90 Å². The maximum Gasteiger partial charge on any atom is 0.234 e. The number of benzene rings is 1. The van der Waals surface area contributed by atoms with E-state index in [0.717, 1.165) is 0 Å². The van der Waals surface area contributed by atoms with Gasteiger partial charge in [0, 0.05) is 16.3 Å². The standard InChI is InChI=1S/C15H15NOS2/c1-11-7-8-13(19-11)15-16(14(17)10-18-15)9-12-5-3-2-4-6-12/h2-8,15H,9-10H2,1H3. The Morgan fingerprint density at radius 2 is 2.00 bits per heavy atom. The van der Waals surface area contributed by atoms with E-state index in [1.54, 1.807) is 23.1 Å². The molecule has 2 heterocycles. The van der Waals surface area contributed by atoms with E-state index in [0.29, 0.717) is 12.3 Å². The number of amides is 1. The second-order valence-corrected chi connectivity index (χ2v) is 7.01. The molecule has 1 aliphatic rings. The van der Waals surface area contributed by atoms with Crippen molar-refractivity contribution in [2.45, 2.75) is 18.8 Å². The zero-order valence-corrected chi connectivity index (χ0v) is 12.3. The van der Waals surface area contributed by atoms with Crippen molar-refractivity contribution in [2.24, 2.45) is 0 Å². The molecule has 1 atom stereocenters. The molecule has 2 nitrogen and oxygen atoms in total. The second kappa shape index (κ2) is 5.39. The Morgan fingerprint density at radius 1 is 1.21 bits per heavy atom. The molecule has 0 spiro atoms. The highest BCUT2D eigenvalue weighted by Gasteiger charge is 2.33. The quantitative estimate of drug-likeness (QED) is 0.856. The number of hydrogen-bond donors (Lipinski definition) is 0. The van der Waals surface area contributed by atoms with Crippen molar-refractivity contribution in [1.82, 2.24) is 4.90 Å². The Bertz CT molecular complexity index is 579. The molecule has 3 rings (SSSR count). The summed E-state index contributed by atoms with van der Waals surface area (Å²) in [5.41, 5.74) is 1.19. The molecule has 0 bridgehead atoms. The smallest absolute Gasteiger partial charge is 0.234 e. The molecule has 1 aliphatic heterocycles. The summed E-state index contributed by atoms with van der Waals surface area (Å²) in [7, 11) is 0. The highest BCUT2D eigenvalue weighted by Crippen LogP contribution is 2.42. The summed E-state index contributed by atoms with van der Waals surface area (Å²) < 4.78 is 0. The molecule has 4 heteroatoms. The highest BCUT2D eigenvalue weighted by atomic mass is 32.2. The van der Waals surface area contributed by atoms with Crippen molar-refractivity contribution in [3.05, 3.63) is 57.8 Å². The fraction of sp³-hybridized carbons (Fsp3) is 0.267. The first-order valence-electron chi connectivity index (χ1n) is 6.25. The molecule has 0 saturated carbocycles. The van der Waals surface area contributed by atoms with Gasteiger partial charge in [-0.25, -0.2) is 0 Å². The topological polar surface area (TPSA) is 20.3 Å². The van der Waals surface area contributed by atoms with Crippen molar-refractivity contribution in [3.8, 4) is 0 Å². The number of nitrogens with zero attached hydrogens (tertiary/aromatic N) is 1. The van der Waals surface area contributed by atoms with Crippen molar-refractivity contribution in [1.29, 1.82) is 0 Å². The molecule has 1 saturated heterocycles. The van der Waals surface area contributed by atoms with Crippen molar-refractivity contribution < 1.29 is 4.79 Å². The number of hydrogen-bond acceptors (Lipinski definition) is 3. The fourth-order valence-electron chi connectivity index (χ4n) is 2.23. The minimum atomic E-state index is 0.186. The van der Waals surface area contributed by atoms with E-state index >= 15 is 0 Å². The van der Waals surface area contributed by atoms with Crippen LogP contribution in [0.2, 0.25) is 0 Å². The van der Waals surface area contributed by atoms with Crippen molar-refractivity contribution in [2.75, 3.05) is 5.75 Å². The maximum atomic E-state index is 12.1. The average molecular weight is 289 g/mol. The van der Waals surface area contributed by atoms with Crippen LogP contribution in [-0.2, 0) is 11.3 Å². The number of rotatable bonds is 3. The van der Waals surface area contributed by atoms with Crippen LogP contribution in [0.15, 0.2) is 42.5 Å². The molecule has 1 unspecified atom stereocenters. The van der Waals surface area contributed by atoms with Gasteiger partial charge in [-0.15, -0.1) is 23.1 Å². The number of carbonyl (C=O) groups is 1. The lowest BCUT2D eigenvalue weighted by molar-refractivity contribution is -0.128. The fourth-order valence-corrected chi connectivity index (χ4v) is 4.53. The third-order valence-electron chi connectivity index (χ3n) is 3.17. The van der Waals surface area contributed by atoms with Crippen LogP contribution in [-0.4, -0.2) is 16.6 Å². The molecular weight excluding hydrogens is 274 g/mol. The lowest BCUT2D eigenvalue weighted by Gasteiger charge is -2.23. The summed E-state index contributed by atoms with van der Waals surface area (Å²) in [4.78, 5) is 16.7. The Hall–Kier alpha value is -1.26. The molecule has 1 fully saturated rings. The van der Waals surface area contributed by atoms with Crippen LogP contribution in [0.5, 0.6) is 0 Å². The first-order valence-corrected chi connectivity index (χ1v) is 8.12. The van der Waals surface area contributed by atoms with Gasteiger partial charge in [-0.1, -0.05) is 30.3 Å². The van der Waals surface area contributed by atoms with Crippen LogP contribution >= 0.6 is 23.1 Å². The molecule has 1 amide bonds. The number of thioether (sulfide) groups is 1. The van der Waals surface area contributed by atoms with E-state index in [4.69, 9.17) is 0 Å². The van der Waals surface area contributed by atoms with Crippen LogP contribution in [0.4, 0.5) is 0 Å². The lowest BCUT2D eigenvalue weighted by atomic mass is 10.2. The lowest BCUT2D eigenvalue weighted by Crippen LogP contribution is -2.27. The van der Waals surface area contributed by atoms with E-state index < -0.39 is 0 Å². The minimum Gasteiger partial charge on any atom is -0.321 e. The SMILES string of the molecule is Cc1ccc(C2SCC(=O)N2Cc2ccccc2)s1. The first-order chi connectivity index (χ1) is 9.24. The Morgan fingerprint density at radius 3 is 2.68 bits per heavy atom. The van der Waals surface area contributed by atoms with Gasteiger partial charge in [-0.05, 0) is 24.6 Å². The molecule has 0 aliphatic carbocycles. The summed E-state index contributed by atoms with van der Waals surface area (Å²) in [5.74, 6) is 0.832. The summed E-state index contributed by atoms with van der Waals surface area (Å²) in [6, 6.07) is 14.5. The predicted octanol–water partition coefficient (Wildman–Crippen LogP) is 3.83. The van der Waals surface area contributed by atoms with Gasteiger partial charge in [0.05, 0.1) is 5.75 Å². The van der Waals surface area contributed by atoms with Crippen LogP contribution in [0.3, 0.4) is 0 Å². The monoisotopic (exact) mass is 289 g/mol. The Balaban J connectivity index is 1.83. The van der Waals surface area contributed by atoms with E-state index in [2.05, 4.69) is 31.2 Å². The molecule has 2 aromatic rings.